The minimum absolute atomic E-state index is 0.0422. The third-order valence-electron chi connectivity index (χ3n) is 4.57. The van der Waals surface area contributed by atoms with Crippen molar-refractivity contribution in [1.82, 2.24) is 4.98 Å². The van der Waals surface area contributed by atoms with Gasteiger partial charge in [0.1, 0.15) is 17.7 Å². The average Bonchev–Trinajstić information content (AvgIpc) is 2.65. The van der Waals surface area contributed by atoms with E-state index in [4.69, 9.17) is 14.7 Å². The number of nitrogens with zero attached hydrogens (tertiary/aromatic N) is 3. The monoisotopic (exact) mass is 363 g/mol. The fourth-order valence-corrected chi connectivity index (χ4v) is 3.23. The molecule has 2 heterocycles. The first-order chi connectivity index (χ1) is 13.2. The van der Waals surface area contributed by atoms with Crippen molar-refractivity contribution >= 4 is 16.6 Å². The van der Waals surface area contributed by atoms with Crippen LogP contribution >= 0.6 is 0 Å². The van der Waals surface area contributed by atoms with Crippen molar-refractivity contribution in [1.29, 1.82) is 5.26 Å². The first-order valence-electron chi connectivity index (χ1n) is 8.66. The maximum absolute atomic E-state index is 13.8. The quantitative estimate of drug-likeness (QED) is 0.692. The van der Waals surface area contributed by atoms with E-state index in [9.17, 15) is 4.39 Å². The second-order valence-corrected chi connectivity index (χ2v) is 6.51. The number of aromatic nitrogens is 1. The lowest BCUT2D eigenvalue weighted by atomic mass is 10.1. The molecule has 0 N–H and O–H groups in total. The third kappa shape index (κ3) is 3.55. The lowest BCUT2D eigenvalue weighted by molar-refractivity contribution is 0.167. The summed E-state index contributed by atoms with van der Waals surface area (Å²) in [5, 5.41) is 9.64. The van der Waals surface area contributed by atoms with Crippen LogP contribution in [0.3, 0.4) is 0 Å². The van der Waals surface area contributed by atoms with E-state index in [-0.39, 0.29) is 11.9 Å². The number of rotatable bonds is 5. The molecular formula is C21H18FN3O2. The van der Waals surface area contributed by atoms with Crippen LogP contribution in [0.4, 0.5) is 10.1 Å². The molecule has 3 aromatic rings. The van der Waals surface area contributed by atoms with E-state index in [1.165, 1.54) is 12.1 Å². The molecule has 1 aliphatic rings. The topological polar surface area (TPSA) is 58.4 Å². The van der Waals surface area contributed by atoms with Crippen LogP contribution in [0.15, 0.2) is 48.5 Å². The molecule has 1 aliphatic heterocycles. The lowest BCUT2D eigenvalue weighted by Gasteiger charge is -2.41. The zero-order valence-corrected chi connectivity index (χ0v) is 14.9. The maximum Gasteiger partial charge on any atom is 0.133 e. The van der Waals surface area contributed by atoms with Gasteiger partial charge >= 0.3 is 0 Å². The number of pyridine rings is 1. The predicted octanol–water partition coefficient (Wildman–Crippen LogP) is 3.66. The summed E-state index contributed by atoms with van der Waals surface area (Å²) in [6.07, 6.45) is 0.0422. The van der Waals surface area contributed by atoms with Gasteiger partial charge in [-0.1, -0.05) is 0 Å². The second-order valence-electron chi connectivity index (χ2n) is 6.51. The summed E-state index contributed by atoms with van der Waals surface area (Å²) in [5.74, 6) is 0.459. The number of methoxy groups -OCH3 is 1. The number of fused-ring (bicyclic) bond motifs is 1. The van der Waals surface area contributed by atoms with Crippen molar-refractivity contribution in [2.24, 2.45) is 0 Å². The first kappa shape index (κ1) is 17.3. The van der Waals surface area contributed by atoms with Crippen molar-refractivity contribution in [3.05, 3.63) is 65.6 Å². The first-order valence-corrected chi connectivity index (χ1v) is 8.66. The van der Waals surface area contributed by atoms with Crippen LogP contribution in [0.5, 0.6) is 5.75 Å². The van der Waals surface area contributed by atoms with E-state index in [0.29, 0.717) is 25.3 Å². The molecule has 6 heteroatoms. The number of hydrogen-bond donors (Lipinski definition) is 0. The molecular weight excluding hydrogens is 345 g/mol. The zero-order chi connectivity index (χ0) is 18.8. The second kappa shape index (κ2) is 7.22. The van der Waals surface area contributed by atoms with Gasteiger partial charge in [0, 0.05) is 18.2 Å². The van der Waals surface area contributed by atoms with Crippen LogP contribution in [0.25, 0.3) is 10.9 Å². The van der Waals surface area contributed by atoms with Crippen LogP contribution < -0.4 is 9.64 Å². The highest BCUT2D eigenvalue weighted by Gasteiger charge is 2.30. The summed E-state index contributed by atoms with van der Waals surface area (Å²) < 4.78 is 24.9. The van der Waals surface area contributed by atoms with Crippen molar-refractivity contribution < 1.29 is 13.9 Å². The van der Waals surface area contributed by atoms with Gasteiger partial charge in [0.2, 0.25) is 0 Å². The Labute approximate surface area is 156 Å². The van der Waals surface area contributed by atoms with Crippen LogP contribution in [0, 0.1) is 17.1 Å². The lowest BCUT2D eigenvalue weighted by Crippen LogP contribution is -2.54. The molecule has 0 aliphatic carbocycles. The highest BCUT2D eigenvalue weighted by Crippen LogP contribution is 2.32. The minimum Gasteiger partial charge on any atom is -0.487 e. The van der Waals surface area contributed by atoms with Crippen LogP contribution in [-0.4, -0.2) is 31.3 Å². The zero-order valence-electron chi connectivity index (χ0n) is 14.9. The summed E-state index contributed by atoms with van der Waals surface area (Å²) in [7, 11) is 1.63. The van der Waals surface area contributed by atoms with E-state index < -0.39 is 0 Å². The molecule has 1 aromatic heterocycles. The molecule has 4 rings (SSSR count). The Balaban J connectivity index is 1.53. The highest BCUT2D eigenvalue weighted by atomic mass is 19.1. The Kier molecular flexibility index (Phi) is 4.61. The van der Waals surface area contributed by atoms with Crippen molar-refractivity contribution in [2.45, 2.75) is 12.7 Å². The SMILES string of the molecule is COCc1cc(N2CC(Oc3ccc(C#N)cc3)C2)c2cc(F)ccc2n1. The van der Waals surface area contributed by atoms with Gasteiger partial charge in [-0.15, -0.1) is 0 Å². The highest BCUT2D eigenvalue weighted by molar-refractivity contribution is 5.92. The fourth-order valence-electron chi connectivity index (χ4n) is 3.23. The molecule has 0 unspecified atom stereocenters. The van der Waals surface area contributed by atoms with Crippen molar-refractivity contribution in [2.75, 3.05) is 25.1 Å². The normalized spacial score (nSPS) is 14.0. The maximum atomic E-state index is 13.8. The standard InChI is InChI=1S/C21H18FN3O2/c1-26-13-16-9-21(19-8-15(22)4-7-20(19)24-16)25-11-18(12-25)27-17-5-2-14(10-23)3-6-17/h2-9,18H,11-13H2,1H3. The molecule has 0 amide bonds. The van der Waals surface area contributed by atoms with E-state index >= 15 is 0 Å². The van der Waals surface area contributed by atoms with Gasteiger partial charge in [0.05, 0.1) is 42.5 Å². The Hall–Kier alpha value is -3.17. The molecule has 1 fully saturated rings. The van der Waals surface area contributed by atoms with E-state index in [0.717, 1.165) is 28.0 Å². The Morgan fingerprint density at radius 2 is 1.96 bits per heavy atom. The molecule has 0 spiro atoms. The molecule has 5 nitrogen and oxygen atoms in total. The van der Waals surface area contributed by atoms with Gasteiger partial charge in [-0.05, 0) is 48.5 Å². The van der Waals surface area contributed by atoms with Gasteiger partial charge in [-0.25, -0.2) is 4.39 Å². The average molecular weight is 363 g/mol. The van der Waals surface area contributed by atoms with Gasteiger partial charge in [-0.2, -0.15) is 5.26 Å². The van der Waals surface area contributed by atoms with Gasteiger partial charge in [0.25, 0.3) is 0 Å². The fraction of sp³-hybridized carbons (Fsp3) is 0.238. The van der Waals surface area contributed by atoms with Gasteiger partial charge < -0.3 is 14.4 Å². The summed E-state index contributed by atoms with van der Waals surface area (Å²) >= 11 is 0. The van der Waals surface area contributed by atoms with Crippen LogP contribution in [0.1, 0.15) is 11.3 Å². The number of nitriles is 1. The van der Waals surface area contributed by atoms with Gasteiger partial charge in [0.15, 0.2) is 0 Å². The number of anilines is 1. The molecule has 136 valence electrons. The number of benzene rings is 2. The Bertz CT molecular complexity index is 1010. The Morgan fingerprint density at radius 3 is 2.67 bits per heavy atom. The predicted molar refractivity (Wildman–Crippen MR) is 100 cm³/mol. The molecule has 2 aromatic carbocycles. The van der Waals surface area contributed by atoms with Crippen molar-refractivity contribution in [3.8, 4) is 11.8 Å². The van der Waals surface area contributed by atoms with Crippen LogP contribution in [0.2, 0.25) is 0 Å². The largest absolute Gasteiger partial charge is 0.487 e. The summed E-state index contributed by atoms with van der Waals surface area (Å²) in [4.78, 5) is 6.68. The minimum atomic E-state index is -0.282. The third-order valence-corrected chi connectivity index (χ3v) is 4.57. The molecule has 0 saturated carbocycles. The van der Waals surface area contributed by atoms with E-state index in [1.54, 1.807) is 37.4 Å². The molecule has 0 atom stereocenters. The number of ether oxygens (including phenoxy) is 2. The molecule has 0 radical (unpaired) electrons. The number of hydrogen-bond acceptors (Lipinski definition) is 5. The smallest absolute Gasteiger partial charge is 0.133 e. The van der Waals surface area contributed by atoms with E-state index in [2.05, 4.69) is 16.0 Å². The van der Waals surface area contributed by atoms with Gasteiger partial charge in [-0.3, -0.25) is 4.98 Å². The summed E-state index contributed by atoms with van der Waals surface area (Å²) in [6.45, 7) is 1.80. The van der Waals surface area contributed by atoms with Crippen LogP contribution in [-0.2, 0) is 11.3 Å². The molecule has 0 bridgehead atoms. The molecule has 1 saturated heterocycles. The Morgan fingerprint density at radius 1 is 1.19 bits per heavy atom. The summed E-state index contributed by atoms with van der Waals surface area (Å²) in [5.41, 5.74) is 3.10. The summed E-state index contributed by atoms with van der Waals surface area (Å²) in [6, 6.07) is 15.7. The van der Waals surface area contributed by atoms with E-state index in [1.807, 2.05) is 6.07 Å². The number of halogens is 1. The van der Waals surface area contributed by atoms with Crippen molar-refractivity contribution in [3.63, 3.8) is 0 Å². The molecule has 27 heavy (non-hydrogen) atoms.